The van der Waals surface area contributed by atoms with Gasteiger partial charge in [-0.05, 0) is 24.3 Å². The third kappa shape index (κ3) is 2.92. The zero-order valence-electron chi connectivity index (χ0n) is 10.7. The van der Waals surface area contributed by atoms with Crippen LogP contribution in [0.5, 0.6) is 11.5 Å². The zero-order chi connectivity index (χ0) is 12.9. The minimum absolute atomic E-state index is 0.202. The van der Waals surface area contributed by atoms with Crippen LogP contribution in [0.3, 0.4) is 0 Å². The second kappa shape index (κ2) is 5.82. The van der Waals surface area contributed by atoms with E-state index in [0.29, 0.717) is 0 Å². The lowest BCUT2D eigenvalue weighted by atomic mass is 10.1. The molecule has 1 aromatic carbocycles. The standard InChI is InChI=1S/C15H17N3O/c1-2-5-12(6-3-1)19-14-7-4-8-18-15(14)13-11-16-9-10-17-13/h1-8,13,16-17H,9-11H2. The Morgan fingerprint density at radius 1 is 1.05 bits per heavy atom. The smallest absolute Gasteiger partial charge is 0.150 e. The summed E-state index contributed by atoms with van der Waals surface area (Å²) in [6.07, 6.45) is 1.81. The van der Waals surface area contributed by atoms with E-state index in [0.717, 1.165) is 36.8 Å². The molecule has 1 aliphatic heterocycles. The van der Waals surface area contributed by atoms with E-state index in [-0.39, 0.29) is 6.04 Å². The Hall–Kier alpha value is -1.91. The van der Waals surface area contributed by atoms with Crippen molar-refractivity contribution >= 4 is 0 Å². The first-order valence-electron chi connectivity index (χ1n) is 6.55. The third-order valence-electron chi connectivity index (χ3n) is 3.14. The van der Waals surface area contributed by atoms with Crippen LogP contribution in [0.15, 0.2) is 48.7 Å². The Morgan fingerprint density at radius 2 is 1.95 bits per heavy atom. The van der Waals surface area contributed by atoms with Gasteiger partial charge in [-0.3, -0.25) is 4.98 Å². The summed E-state index contributed by atoms with van der Waals surface area (Å²) in [5, 5.41) is 6.82. The summed E-state index contributed by atoms with van der Waals surface area (Å²) in [5.41, 5.74) is 0.957. The summed E-state index contributed by atoms with van der Waals surface area (Å²) >= 11 is 0. The summed E-state index contributed by atoms with van der Waals surface area (Å²) in [6.45, 7) is 2.83. The molecule has 19 heavy (non-hydrogen) atoms. The van der Waals surface area contributed by atoms with Crippen molar-refractivity contribution in [1.82, 2.24) is 15.6 Å². The van der Waals surface area contributed by atoms with Gasteiger partial charge in [-0.15, -0.1) is 0 Å². The average Bonchev–Trinajstić information content (AvgIpc) is 2.50. The van der Waals surface area contributed by atoms with Crippen molar-refractivity contribution in [3.05, 3.63) is 54.4 Å². The van der Waals surface area contributed by atoms with Crippen LogP contribution < -0.4 is 15.4 Å². The molecule has 1 unspecified atom stereocenters. The first-order chi connectivity index (χ1) is 9.43. The van der Waals surface area contributed by atoms with Gasteiger partial charge in [0.1, 0.15) is 11.4 Å². The molecular weight excluding hydrogens is 238 g/mol. The number of nitrogens with one attached hydrogen (secondary N) is 2. The summed E-state index contributed by atoms with van der Waals surface area (Å²) in [4.78, 5) is 4.47. The number of piperazine rings is 1. The first-order valence-corrected chi connectivity index (χ1v) is 6.55. The quantitative estimate of drug-likeness (QED) is 0.881. The highest BCUT2D eigenvalue weighted by Gasteiger charge is 2.19. The molecule has 0 amide bonds. The van der Waals surface area contributed by atoms with Gasteiger partial charge in [0.05, 0.1) is 6.04 Å². The van der Waals surface area contributed by atoms with Gasteiger partial charge in [-0.25, -0.2) is 0 Å². The summed E-state index contributed by atoms with van der Waals surface area (Å²) in [6, 6.07) is 13.9. The molecule has 1 atom stereocenters. The molecule has 0 aliphatic carbocycles. The van der Waals surface area contributed by atoms with Crippen molar-refractivity contribution in [2.24, 2.45) is 0 Å². The Labute approximate surface area is 112 Å². The third-order valence-corrected chi connectivity index (χ3v) is 3.14. The molecule has 0 bridgehead atoms. The maximum absolute atomic E-state index is 5.93. The van der Waals surface area contributed by atoms with Gasteiger partial charge in [0.25, 0.3) is 0 Å². The number of aromatic nitrogens is 1. The van der Waals surface area contributed by atoms with Crippen molar-refractivity contribution in [1.29, 1.82) is 0 Å². The molecule has 0 saturated carbocycles. The van der Waals surface area contributed by atoms with Crippen molar-refractivity contribution in [3.63, 3.8) is 0 Å². The highest BCUT2D eigenvalue weighted by molar-refractivity contribution is 5.35. The van der Waals surface area contributed by atoms with E-state index in [9.17, 15) is 0 Å². The van der Waals surface area contributed by atoms with E-state index >= 15 is 0 Å². The van der Waals surface area contributed by atoms with Crippen molar-refractivity contribution in [3.8, 4) is 11.5 Å². The predicted octanol–water partition coefficient (Wildman–Crippen LogP) is 2.11. The normalized spacial score (nSPS) is 19.1. The number of ether oxygens (including phenoxy) is 1. The minimum Gasteiger partial charge on any atom is -0.455 e. The molecule has 1 saturated heterocycles. The maximum atomic E-state index is 5.93. The maximum Gasteiger partial charge on any atom is 0.150 e. The molecule has 1 aliphatic rings. The predicted molar refractivity (Wildman–Crippen MR) is 74.4 cm³/mol. The molecule has 2 N–H and O–H groups in total. The number of benzene rings is 1. The van der Waals surface area contributed by atoms with Crippen LogP contribution in [0.1, 0.15) is 11.7 Å². The molecule has 4 nitrogen and oxygen atoms in total. The molecule has 2 heterocycles. The van der Waals surface area contributed by atoms with Crippen LogP contribution in [0.2, 0.25) is 0 Å². The van der Waals surface area contributed by atoms with E-state index in [1.165, 1.54) is 0 Å². The van der Waals surface area contributed by atoms with Gasteiger partial charge in [0.2, 0.25) is 0 Å². The molecule has 3 rings (SSSR count). The van der Waals surface area contributed by atoms with Gasteiger partial charge in [0.15, 0.2) is 5.75 Å². The van der Waals surface area contributed by atoms with Gasteiger partial charge >= 0.3 is 0 Å². The van der Waals surface area contributed by atoms with Gasteiger partial charge in [0, 0.05) is 25.8 Å². The Morgan fingerprint density at radius 3 is 2.74 bits per heavy atom. The SMILES string of the molecule is c1ccc(Oc2cccnc2C2CNCCN2)cc1. The highest BCUT2D eigenvalue weighted by atomic mass is 16.5. The van der Waals surface area contributed by atoms with Crippen LogP contribution in [0.25, 0.3) is 0 Å². The highest BCUT2D eigenvalue weighted by Crippen LogP contribution is 2.27. The lowest BCUT2D eigenvalue weighted by molar-refractivity contribution is 0.400. The van der Waals surface area contributed by atoms with Gasteiger partial charge in [-0.2, -0.15) is 0 Å². The Bertz CT molecular complexity index is 524. The van der Waals surface area contributed by atoms with Crippen LogP contribution in [0, 0.1) is 0 Å². The fraction of sp³-hybridized carbons (Fsp3) is 0.267. The molecular formula is C15H17N3O. The van der Waals surface area contributed by atoms with Crippen molar-refractivity contribution in [2.75, 3.05) is 19.6 Å². The molecule has 98 valence electrons. The molecule has 0 radical (unpaired) electrons. The van der Waals surface area contributed by atoms with Gasteiger partial charge < -0.3 is 15.4 Å². The molecule has 2 aromatic rings. The van der Waals surface area contributed by atoms with Crippen molar-refractivity contribution in [2.45, 2.75) is 6.04 Å². The van der Waals surface area contributed by atoms with Crippen LogP contribution in [-0.2, 0) is 0 Å². The van der Waals surface area contributed by atoms with Crippen LogP contribution >= 0.6 is 0 Å². The number of hydrogen-bond acceptors (Lipinski definition) is 4. The van der Waals surface area contributed by atoms with E-state index in [2.05, 4.69) is 15.6 Å². The second-order valence-corrected chi connectivity index (χ2v) is 4.51. The number of nitrogens with zero attached hydrogens (tertiary/aromatic N) is 1. The van der Waals surface area contributed by atoms with Crippen LogP contribution in [-0.4, -0.2) is 24.6 Å². The zero-order valence-corrected chi connectivity index (χ0v) is 10.7. The first kappa shape index (κ1) is 12.1. The van der Waals surface area contributed by atoms with E-state index in [1.54, 1.807) is 0 Å². The number of pyridine rings is 1. The van der Waals surface area contributed by atoms with E-state index < -0.39 is 0 Å². The fourth-order valence-corrected chi connectivity index (χ4v) is 2.21. The Kier molecular flexibility index (Phi) is 3.72. The van der Waals surface area contributed by atoms with Gasteiger partial charge in [-0.1, -0.05) is 18.2 Å². The Balaban J connectivity index is 1.84. The topological polar surface area (TPSA) is 46.2 Å². The molecule has 1 aromatic heterocycles. The lowest BCUT2D eigenvalue weighted by Gasteiger charge is -2.25. The largest absolute Gasteiger partial charge is 0.455 e. The molecule has 4 heteroatoms. The van der Waals surface area contributed by atoms with Crippen molar-refractivity contribution < 1.29 is 4.74 Å². The molecule has 0 spiro atoms. The summed E-state index contributed by atoms with van der Waals surface area (Å²) in [7, 11) is 0. The minimum atomic E-state index is 0.202. The average molecular weight is 255 g/mol. The fourth-order valence-electron chi connectivity index (χ4n) is 2.21. The van der Waals surface area contributed by atoms with E-state index in [1.807, 2.05) is 48.7 Å². The molecule has 1 fully saturated rings. The lowest BCUT2D eigenvalue weighted by Crippen LogP contribution is -2.43. The monoisotopic (exact) mass is 255 g/mol. The summed E-state index contributed by atoms with van der Waals surface area (Å²) < 4.78 is 5.93. The summed E-state index contributed by atoms with van der Waals surface area (Å²) in [5.74, 6) is 1.65. The number of rotatable bonds is 3. The number of hydrogen-bond donors (Lipinski definition) is 2. The van der Waals surface area contributed by atoms with Crippen LogP contribution in [0.4, 0.5) is 0 Å². The number of para-hydroxylation sites is 1. The second-order valence-electron chi connectivity index (χ2n) is 4.51. The van der Waals surface area contributed by atoms with E-state index in [4.69, 9.17) is 4.74 Å².